The summed E-state index contributed by atoms with van der Waals surface area (Å²) < 4.78 is 1.09. The second kappa shape index (κ2) is 7.39. The lowest BCUT2D eigenvalue weighted by Crippen LogP contribution is -2.25. The summed E-state index contributed by atoms with van der Waals surface area (Å²) in [6.07, 6.45) is 3.15. The highest BCUT2D eigenvalue weighted by Crippen LogP contribution is 2.22. The summed E-state index contributed by atoms with van der Waals surface area (Å²) in [6, 6.07) is 8.38. The van der Waals surface area contributed by atoms with E-state index >= 15 is 0 Å². The maximum Gasteiger partial charge on any atom is 0.0434 e. The molecule has 0 saturated carbocycles. The third-order valence-corrected chi connectivity index (χ3v) is 4.49. The topological polar surface area (TPSA) is 49.5 Å². The predicted octanol–water partition coefficient (Wildman–Crippen LogP) is 2.54. The first-order chi connectivity index (χ1) is 9.19. The van der Waals surface area contributed by atoms with Gasteiger partial charge in [-0.2, -0.15) is 0 Å². The molecular weight excluding hydrogens is 304 g/mol. The van der Waals surface area contributed by atoms with Gasteiger partial charge in [0.05, 0.1) is 0 Å². The van der Waals surface area contributed by atoms with Gasteiger partial charge in [0.15, 0.2) is 0 Å². The number of rotatable bonds is 6. The van der Waals surface area contributed by atoms with Crippen LogP contribution in [0.3, 0.4) is 0 Å². The van der Waals surface area contributed by atoms with Crippen molar-refractivity contribution < 1.29 is 5.11 Å². The minimum Gasteiger partial charge on any atom is -0.396 e. The Morgan fingerprint density at radius 1 is 1.37 bits per heavy atom. The highest BCUT2D eigenvalue weighted by atomic mass is 79.9. The zero-order valence-electron chi connectivity index (χ0n) is 11.3. The Balaban J connectivity index is 1.75. The van der Waals surface area contributed by atoms with Crippen LogP contribution in [0, 0.1) is 5.92 Å². The number of nitrogens with zero attached hydrogens (tertiary/aromatic N) is 1. The summed E-state index contributed by atoms with van der Waals surface area (Å²) in [5, 5.41) is 8.96. The third-order valence-electron chi connectivity index (χ3n) is 3.96. The van der Waals surface area contributed by atoms with Crippen LogP contribution in [0.2, 0.25) is 0 Å². The molecular formula is C15H23BrN2O. The molecule has 1 aliphatic rings. The van der Waals surface area contributed by atoms with Gasteiger partial charge in [-0.3, -0.25) is 0 Å². The van der Waals surface area contributed by atoms with Crippen molar-refractivity contribution in [3.8, 4) is 0 Å². The number of benzene rings is 1. The van der Waals surface area contributed by atoms with Crippen LogP contribution in [0.15, 0.2) is 28.7 Å². The van der Waals surface area contributed by atoms with Gasteiger partial charge in [0.1, 0.15) is 0 Å². The number of likely N-dealkylation sites (tertiary alicyclic amines) is 1. The van der Waals surface area contributed by atoms with Gasteiger partial charge in [-0.15, -0.1) is 0 Å². The lowest BCUT2D eigenvalue weighted by atomic mass is 10.0. The average molecular weight is 327 g/mol. The second-order valence-corrected chi connectivity index (χ2v) is 6.33. The predicted molar refractivity (Wildman–Crippen MR) is 81.9 cm³/mol. The van der Waals surface area contributed by atoms with Crippen molar-refractivity contribution in [3.05, 3.63) is 34.3 Å². The van der Waals surface area contributed by atoms with E-state index in [0.717, 1.165) is 36.9 Å². The molecule has 3 N–H and O–H groups in total. The number of aliphatic hydroxyl groups is 1. The normalized spacial score (nSPS) is 21.7. The first-order valence-electron chi connectivity index (χ1n) is 7.03. The van der Waals surface area contributed by atoms with Crippen LogP contribution in [0.4, 0.5) is 0 Å². The van der Waals surface area contributed by atoms with E-state index in [2.05, 4.69) is 33.0 Å². The molecule has 1 fully saturated rings. The maximum absolute atomic E-state index is 8.96. The summed E-state index contributed by atoms with van der Waals surface area (Å²) in [5.41, 5.74) is 7.44. The third kappa shape index (κ3) is 4.56. The van der Waals surface area contributed by atoms with Crippen molar-refractivity contribution in [3.63, 3.8) is 0 Å². The molecule has 2 atom stereocenters. The fraction of sp³-hybridized carbons (Fsp3) is 0.600. The van der Waals surface area contributed by atoms with Crippen LogP contribution in [0.1, 0.15) is 30.9 Å². The molecule has 1 aromatic carbocycles. The number of nitrogens with two attached hydrogens (primary N) is 1. The molecule has 1 heterocycles. The molecule has 0 aromatic heterocycles. The Labute approximate surface area is 123 Å². The first kappa shape index (κ1) is 15.0. The summed E-state index contributed by atoms with van der Waals surface area (Å²) in [6.45, 7) is 3.64. The van der Waals surface area contributed by atoms with E-state index in [1.54, 1.807) is 0 Å². The van der Waals surface area contributed by atoms with Gasteiger partial charge in [0.25, 0.3) is 0 Å². The van der Waals surface area contributed by atoms with E-state index in [9.17, 15) is 0 Å². The minimum atomic E-state index is 0.116. The number of hydrogen-bond acceptors (Lipinski definition) is 3. The standard InChI is InChI=1S/C15H23BrN2O/c16-14-3-1-13(2-4-14)15(17)6-9-18-8-5-12(11-18)7-10-19/h1-4,12,15,19H,5-11,17H2. The fourth-order valence-corrected chi connectivity index (χ4v) is 3.00. The first-order valence-corrected chi connectivity index (χ1v) is 7.82. The van der Waals surface area contributed by atoms with Gasteiger partial charge in [0, 0.05) is 23.7 Å². The second-order valence-electron chi connectivity index (χ2n) is 5.41. The zero-order valence-corrected chi connectivity index (χ0v) is 12.8. The van der Waals surface area contributed by atoms with E-state index in [-0.39, 0.29) is 6.04 Å². The number of hydrogen-bond donors (Lipinski definition) is 2. The largest absolute Gasteiger partial charge is 0.396 e. The smallest absolute Gasteiger partial charge is 0.0434 e. The lowest BCUT2D eigenvalue weighted by Gasteiger charge is -2.19. The average Bonchev–Trinajstić information content (AvgIpc) is 2.85. The van der Waals surface area contributed by atoms with Crippen molar-refractivity contribution in [1.82, 2.24) is 4.90 Å². The molecule has 19 heavy (non-hydrogen) atoms. The Hall–Kier alpha value is -0.420. The molecule has 4 heteroatoms. The van der Waals surface area contributed by atoms with Gasteiger partial charge < -0.3 is 15.7 Å². The maximum atomic E-state index is 8.96. The van der Waals surface area contributed by atoms with Gasteiger partial charge in [-0.1, -0.05) is 28.1 Å². The zero-order chi connectivity index (χ0) is 13.7. The van der Waals surface area contributed by atoms with Crippen molar-refractivity contribution in [2.45, 2.75) is 25.3 Å². The molecule has 0 aliphatic carbocycles. The van der Waals surface area contributed by atoms with E-state index in [0.29, 0.717) is 12.5 Å². The Kier molecular flexibility index (Phi) is 5.82. The molecule has 106 valence electrons. The molecule has 1 saturated heterocycles. The fourth-order valence-electron chi connectivity index (χ4n) is 2.73. The minimum absolute atomic E-state index is 0.116. The van der Waals surface area contributed by atoms with Crippen LogP contribution >= 0.6 is 15.9 Å². The summed E-state index contributed by atoms with van der Waals surface area (Å²) in [4.78, 5) is 2.47. The monoisotopic (exact) mass is 326 g/mol. The highest BCUT2D eigenvalue weighted by molar-refractivity contribution is 9.10. The van der Waals surface area contributed by atoms with Gasteiger partial charge in [0.2, 0.25) is 0 Å². The van der Waals surface area contributed by atoms with Crippen molar-refractivity contribution in [1.29, 1.82) is 0 Å². The van der Waals surface area contributed by atoms with Crippen LogP contribution in [-0.4, -0.2) is 36.2 Å². The van der Waals surface area contributed by atoms with E-state index in [4.69, 9.17) is 10.8 Å². The lowest BCUT2D eigenvalue weighted by molar-refractivity contribution is 0.249. The van der Waals surface area contributed by atoms with Crippen molar-refractivity contribution in [2.75, 3.05) is 26.2 Å². The summed E-state index contributed by atoms with van der Waals surface area (Å²) >= 11 is 3.44. The van der Waals surface area contributed by atoms with E-state index in [1.807, 2.05) is 12.1 Å². The number of aliphatic hydroxyl groups excluding tert-OH is 1. The molecule has 2 rings (SSSR count). The Bertz CT molecular complexity index is 382. The summed E-state index contributed by atoms with van der Waals surface area (Å²) in [5.74, 6) is 0.675. The van der Waals surface area contributed by atoms with E-state index in [1.165, 1.54) is 12.0 Å². The molecule has 3 nitrogen and oxygen atoms in total. The molecule has 1 aliphatic heterocycles. The molecule has 0 amide bonds. The molecule has 2 unspecified atom stereocenters. The SMILES string of the molecule is NC(CCN1CCC(CCO)C1)c1ccc(Br)cc1. The van der Waals surface area contributed by atoms with Crippen LogP contribution in [0.25, 0.3) is 0 Å². The quantitative estimate of drug-likeness (QED) is 0.844. The highest BCUT2D eigenvalue weighted by Gasteiger charge is 2.22. The molecule has 0 spiro atoms. The molecule has 0 bridgehead atoms. The van der Waals surface area contributed by atoms with Gasteiger partial charge >= 0.3 is 0 Å². The van der Waals surface area contributed by atoms with Gasteiger partial charge in [-0.25, -0.2) is 0 Å². The number of halogens is 1. The van der Waals surface area contributed by atoms with Crippen LogP contribution in [0.5, 0.6) is 0 Å². The van der Waals surface area contributed by atoms with Crippen molar-refractivity contribution >= 4 is 15.9 Å². The molecule has 0 radical (unpaired) electrons. The van der Waals surface area contributed by atoms with Crippen molar-refractivity contribution in [2.24, 2.45) is 11.7 Å². The summed E-state index contributed by atoms with van der Waals surface area (Å²) in [7, 11) is 0. The van der Waals surface area contributed by atoms with E-state index < -0.39 is 0 Å². The molecule has 1 aromatic rings. The van der Waals surface area contributed by atoms with Gasteiger partial charge in [-0.05, 0) is 56.0 Å². The van der Waals surface area contributed by atoms with Crippen LogP contribution in [-0.2, 0) is 0 Å². The Morgan fingerprint density at radius 2 is 2.11 bits per heavy atom. The van der Waals surface area contributed by atoms with Crippen LogP contribution < -0.4 is 5.73 Å². The Morgan fingerprint density at radius 3 is 2.79 bits per heavy atom.